The van der Waals surface area contributed by atoms with E-state index in [4.69, 9.17) is 4.74 Å². The summed E-state index contributed by atoms with van der Waals surface area (Å²) < 4.78 is 5.33. The zero-order valence-electron chi connectivity index (χ0n) is 16.0. The van der Waals surface area contributed by atoms with Crippen LogP contribution < -0.4 is 0 Å². The number of carboxylic acid groups (broad SMARTS) is 1. The quantitative estimate of drug-likeness (QED) is 0.527. The molecule has 0 aliphatic rings. The monoisotopic (exact) mass is 386 g/mol. The van der Waals surface area contributed by atoms with Crippen LogP contribution in [0.3, 0.4) is 0 Å². The number of hydrogen-bond acceptors (Lipinski definition) is 3. The lowest BCUT2D eigenvalue weighted by molar-refractivity contribution is 0.0472. The molecule has 0 heterocycles. The summed E-state index contributed by atoms with van der Waals surface area (Å²) in [5.74, 6) is -1.27. The zero-order chi connectivity index (χ0) is 20.5. The molecule has 0 radical (unpaired) electrons. The van der Waals surface area contributed by atoms with Crippen molar-refractivity contribution >= 4 is 18.0 Å². The average Bonchev–Trinajstić information content (AvgIpc) is 2.76. The summed E-state index contributed by atoms with van der Waals surface area (Å²) >= 11 is 0. The number of ether oxygens (including phenoxy) is 1. The Labute approximate surface area is 170 Å². The standard InChI is InChI=1S/C25H22O4/c26-24(27)23-13-7-6-12-21(23)11-5-4-8-19-14-16-22(17-15-19)25(28)29-18-20-9-2-1-3-10-20/h1-3,5-7,9-17H,4,8,18H2,(H,26,27). The molecule has 0 unspecified atom stereocenters. The van der Waals surface area contributed by atoms with Gasteiger partial charge in [0.15, 0.2) is 0 Å². The highest BCUT2D eigenvalue weighted by Crippen LogP contribution is 2.13. The summed E-state index contributed by atoms with van der Waals surface area (Å²) in [6.07, 6.45) is 5.36. The number of carboxylic acids is 1. The lowest BCUT2D eigenvalue weighted by atomic mass is 10.0. The maximum Gasteiger partial charge on any atom is 0.338 e. The lowest BCUT2D eigenvalue weighted by Crippen LogP contribution is -2.05. The molecule has 29 heavy (non-hydrogen) atoms. The van der Waals surface area contributed by atoms with Gasteiger partial charge in [-0.2, -0.15) is 0 Å². The van der Waals surface area contributed by atoms with Crippen molar-refractivity contribution in [3.8, 4) is 0 Å². The second kappa shape index (κ2) is 10.0. The third-order valence-electron chi connectivity index (χ3n) is 4.49. The first kappa shape index (κ1) is 20.1. The Morgan fingerprint density at radius 1 is 0.828 bits per heavy atom. The number of esters is 1. The van der Waals surface area contributed by atoms with Crippen molar-refractivity contribution in [2.75, 3.05) is 0 Å². The van der Waals surface area contributed by atoms with Gasteiger partial charge in [-0.15, -0.1) is 0 Å². The molecule has 0 aliphatic carbocycles. The molecule has 4 heteroatoms. The molecule has 1 N–H and O–H groups in total. The Bertz CT molecular complexity index is 989. The van der Waals surface area contributed by atoms with Crippen LogP contribution in [0.4, 0.5) is 0 Å². The SMILES string of the molecule is O=C(OCc1ccccc1)c1ccc(CCC=Cc2ccccc2C(=O)O)cc1. The fourth-order valence-corrected chi connectivity index (χ4v) is 2.91. The number of aryl methyl sites for hydroxylation is 1. The fraction of sp³-hybridized carbons (Fsp3) is 0.120. The predicted molar refractivity (Wildman–Crippen MR) is 113 cm³/mol. The molecule has 0 saturated carbocycles. The smallest absolute Gasteiger partial charge is 0.338 e. The van der Waals surface area contributed by atoms with E-state index in [9.17, 15) is 14.7 Å². The third-order valence-corrected chi connectivity index (χ3v) is 4.49. The first-order valence-electron chi connectivity index (χ1n) is 9.42. The van der Waals surface area contributed by atoms with E-state index in [0.29, 0.717) is 16.7 Å². The van der Waals surface area contributed by atoms with Crippen molar-refractivity contribution in [3.63, 3.8) is 0 Å². The van der Waals surface area contributed by atoms with Crippen LogP contribution in [0, 0.1) is 0 Å². The van der Waals surface area contributed by atoms with Gasteiger partial charge in [0.25, 0.3) is 0 Å². The molecular formula is C25H22O4. The Balaban J connectivity index is 1.50. The van der Waals surface area contributed by atoms with E-state index in [2.05, 4.69) is 0 Å². The maximum absolute atomic E-state index is 12.2. The molecule has 3 aromatic carbocycles. The number of carbonyl (C=O) groups excluding carboxylic acids is 1. The molecule has 0 aliphatic heterocycles. The molecule has 3 aromatic rings. The number of rotatable bonds is 8. The van der Waals surface area contributed by atoms with Gasteiger partial charge in [-0.05, 0) is 47.7 Å². The van der Waals surface area contributed by atoms with Crippen molar-refractivity contribution in [1.82, 2.24) is 0 Å². The average molecular weight is 386 g/mol. The minimum absolute atomic E-state index is 0.254. The van der Waals surface area contributed by atoms with Crippen LogP contribution in [0.2, 0.25) is 0 Å². The van der Waals surface area contributed by atoms with E-state index in [1.54, 1.807) is 30.3 Å². The highest BCUT2D eigenvalue weighted by atomic mass is 16.5. The first-order chi connectivity index (χ1) is 14.1. The van der Waals surface area contributed by atoms with Crippen molar-refractivity contribution in [2.24, 2.45) is 0 Å². The van der Waals surface area contributed by atoms with Gasteiger partial charge in [0.05, 0.1) is 11.1 Å². The van der Waals surface area contributed by atoms with Crippen LogP contribution in [0.5, 0.6) is 0 Å². The number of carbonyl (C=O) groups is 2. The van der Waals surface area contributed by atoms with Crippen LogP contribution in [0.1, 0.15) is 43.8 Å². The summed E-state index contributed by atoms with van der Waals surface area (Å²) in [4.78, 5) is 23.4. The molecule has 0 amide bonds. The molecule has 0 spiro atoms. The molecule has 0 aromatic heterocycles. The van der Waals surface area contributed by atoms with Gasteiger partial charge in [-0.3, -0.25) is 0 Å². The largest absolute Gasteiger partial charge is 0.478 e. The van der Waals surface area contributed by atoms with Crippen LogP contribution in [-0.4, -0.2) is 17.0 Å². The summed E-state index contributed by atoms with van der Waals surface area (Å²) in [6.45, 7) is 0.254. The summed E-state index contributed by atoms with van der Waals surface area (Å²) in [5, 5.41) is 9.20. The number of aromatic carboxylic acids is 1. The molecule has 0 bridgehead atoms. The molecular weight excluding hydrogens is 364 g/mol. The van der Waals surface area contributed by atoms with Gasteiger partial charge in [0.1, 0.15) is 6.61 Å². The summed E-state index contributed by atoms with van der Waals surface area (Å²) in [5.41, 5.74) is 3.56. The highest BCUT2D eigenvalue weighted by molar-refractivity contribution is 5.92. The number of hydrogen-bond donors (Lipinski definition) is 1. The van der Waals surface area contributed by atoms with E-state index >= 15 is 0 Å². The second-order valence-electron chi connectivity index (χ2n) is 6.59. The van der Waals surface area contributed by atoms with E-state index in [0.717, 1.165) is 24.0 Å². The fourth-order valence-electron chi connectivity index (χ4n) is 2.91. The topological polar surface area (TPSA) is 63.6 Å². The van der Waals surface area contributed by atoms with Gasteiger partial charge >= 0.3 is 11.9 Å². The number of benzene rings is 3. The van der Waals surface area contributed by atoms with Crippen molar-refractivity contribution in [3.05, 3.63) is 113 Å². The molecule has 4 nitrogen and oxygen atoms in total. The maximum atomic E-state index is 12.2. The van der Waals surface area contributed by atoms with E-state index in [1.165, 1.54) is 0 Å². The van der Waals surface area contributed by atoms with E-state index < -0.39 is 5.97 Å². The Kier molecular flexibility index (Phi) is 6.95. The van der Waals surface area contributed by atoms with Gasteiger partial charge in [-0.1, -0.05) is 72.8 Å². The molecule has 3 rings (SSSR count). The van der Waals surface area contributed by atoms with Gasteiger partial charge in [0, 0.05) is 0 Å². The lowest BCUT2D eigenvalue weighted by Gasteiger charge is -2.06. The Morgan fingerprint density at radius 3 is 2.24 bits per heavy atom. The van der Waals surface area contributed by atoms with Crippen LogP contribution >= 0.6 is 0 Å². The van der Waals surface area contributed by atoms with Crippen molar-refractivity contribution < 1.29 is 19.4 Å². The normalized spacial score (nSPS) is 10.8. The first-order valence-corrected chi connectivity index (χ1v) is 9.42. The second-order valence-corrected chi connectivity index (χ2v) is 6.59. The third kappa shape index (κ3) is 5.91. The Morgan fingerprint density at radius 2 is 1.52 bits per heavy atom. The number of allylic oxidation sites excluding steroid dienone is 1. The summed E-state index contributed by atoms with van der Waals surface area (Å²) in [6, 6.07) is 23.9. The van der Waals surface area contributed by atoms with Crippen LogP contribution in [-0.2, 0) is 17.8 Å². The minimum atomic E-state index is -0.931. The van der Waals surface area contributed by atoms with Gasteiger partial charge in [0.2, 0.25) is 0 Å². The van der Waals surface area contributed by atoms with Crippen molar-refractivity contribution in [2.45, 2.75) is 19.4 Å². The molecule has 0 saturated heterocycles. The van der Waals surface area contributed by atoms with Crippen LogP contribution in [0.25, 0.3) is 6.08 Å². The minimum Gasteiger partial charge on any atom is -0.478 e. The van der Waals surface area contributed by atoms with E-state index in [1.807, 2.05) is 60.7 Å². The Hall–Kier alpha value is -3.66. The highest BCUT2D eigenvalue weighted by Gasteiger charge is 2.08. The molecule has 146 valence electrons. The molecule has 0 atom stereocenters. The van der Waals surface area contributed by atoms with Crippen LogP contribution in [0.15, 0.2) is 84.9 Å². The van der Waals surface area contributed by atoms with Gasteiger partial charge in [-0.25, -0.2) is 9.59 Å². The predicted octanol–water partition coefficient (Wildman–Crippen LogP) is 5.39. The van der Waals surface area contributed by atoms with Gasteiger partial charge < -0.3 is 9.84 Å². The zero-order valence-corrected chi connectivity index (χ0v) is 16.0. The van der Waals surface area contributed by atoms with Crippen molar-refractivity contribution in [1.29, 1.82) is 0 Å². The summed E-state index contributed by atoms with van der Waals surface area (Å²) in [7, 11) is 0. The molecule has 0 fully saturated rings. The van der Waals surface area contributed by atoms with E-state index in [-0.39, 0.29) is 12.6 Å².